The lowest BCUT2D eigenvalue weighted by Crippen LogP contribution is -2.20. The van der Waals surface area contributed by atoms with Crippen molar-refractivity contribution < 1.29 is 4.79 Å². The van der Waals surface area contributed by atoms with E-state index in [0.29, 0.717) is 26.6 Å². The monoisotopic (exact) mass is 560 g/mol. The van der Waals surface area contributed by atoms with Crippen molar-refractivity contribution in [2.24, 2.45) is 5.10 Å². The maximum atomic E-state index is 12.3. The van der Waals surface area contributed by atoms with Gasteiger partial charge in [-0.3, -0.25) is 14.3 Å². The van der Waals surface area contributed by atoms with Crippen molar-refractivity contribution in [1.82, 2.24) is 25.2 Å². The summed E-state index contributed by atoms with van der Waals surface area (Å²) in [6.45, 7) is 0. The minimum Gasteiger partial charge on any atom is -0.272 e. The van der Waals surface area contributed by atoms with E-state index in [1.54, 1.807) is 30.6 Å². The van der Waals surface area contributed by atoms with Crippen LogP contribution in [-0.4, -0.2) is 37.6 Å². The summed E-state index contributed by atoms with van der Waals surface area (Å²) in [6.07, 6.45) is 4.91. The van der Waals surface area contributed by atoms with Gasteiger partial charge in [-0.15, -0.1) is 10.2 Å². The van der Waals surface area contributed by atoms with Gasteiger partial charge in [-0.1, -0.05) is 57.0 Å². The minimum absolute atomic E-state index is 0.0976. The molecule has 4 aromatic rings. The molecular weight excluding hydrogens is 547 g/mol. The van der Waals surface area contributed by atoms with E-state index < -0.39 is 0 Å². The number of carbonyl (C=O) groups is 1. The van der Waals surface area contributed by atoms with Gasteiger partial charge in [-0.2, -0.15) is 5.10 Å². The average Bonchev–Trinajstić information content (AvgIpc) is 3.25. The van der Waals surface area contributed by atoms with Crippen LogP contribution < -0.4 is 5.43 Å². The standard InChI is InChI=1S/C22H15BrCl2N6OS/c23-16-4-6-17(7-5-16)31-21(15-2-1-9-26-12-15)29-30-22(31)33-13-20(32)28-27-11-14-3-8-18(24)19(25)10-14/h1-12H,13H2,(H,28,32). The molecule has 1 N–H and O–H groups in total. The summed E-state index contributed by atoms with van der Waals surface area (Å²) in [5, 5.41) is 14.0. The molecule has 0 saturated carbocycles. The van der Waals surface area contributed by atoms with Gasteiger partial charge in [0.2, 0.25) is 0 Å². The maximum absolute atomic E-state index is 12.3. The third kappa shape index (κ3) is 6.00. The van der Waals surface area contributed by atoms with Crippen molar-refractivity contribution >= 4 is 63.0 Å². The Bertz CT molecular complexity index is 1300. The Morgan fingerprint density at radius 2 is 1.94 bits per heavy atom. The number of benzene rings is 2. The Morgan fingerprint density at radius 3 is 2.67 bits per heavy atom. The second-order valence-corrected chi connectivity index (χ2v) is 9.29. The number of pyridine rings is 1. The van der Waals surface area contributed by atoms with E-state index >= 15 is 0 Å². The second kappa shape index (κ2) is 10.9. The molecule has 2 heterocycles. The lowest BCUT2D eigenvalue weighted by atomic mass is 10.2. The van der Waals surface area contributed by atoms with E-state index in [2.05, 4.69) is 41.6 Å². The first kappa shape index (κ1) is 23.4. The molecule has 0 spiro atoms. The number of halogens is 3. The fourth-order valence-corrected chi connectivity index (χ4v) is 4.12. The van der Waals surface area contributed by atoms with Crippen LogP contribution in [0.3, 0.4) is 0 Å². The first-order valence-electron chi connectivity index (χ1n) is 9.53. The lowest BCUT2D eigenvalue weighted by Gasteiger charge is -2.10. The van der Waals surface area contributed by atoms with Crippen LogP contribution in [0.5, 0.6) is 0 Å². The zero-order valence-corrected chi connectivity index (χ0v) is 20.7. The van der Waals surface area contributed by atoms with Crippen LogP contribution in [0, 0.1) is 0 Å². The fourth-order valence-electron chi connectivity index (χ4n) is 2.80. The molecule has 0 atom stereocenters. The first-order valence-corrected chi connectivity index (χ1v) is 12.1. The Kier molecular flexibility index (Phi) is 7.77. The van der Waals surface area contributed by atoms with Crippen molar-refractivity contribution in [3.63, 3.8) is 0 Å². The molecule has 166 valence electrons. The largest absolute Gasteiger partial charge is 0.272 e. The highest BCUT2D eigenvalue weighted by Gasteiger charge is 2.17. The first-order chi connectivity index (χ1) is 16.0. The van der Waals surface area contributed by atoms with Gasteiger partial charge in [0.1, 0.15) is 0 Å². The Labute approximate surface area is 212 Å². The number of hydrogen-bond acceptors (Lipinski definition) is 6. The number of hydrogen-bond donors (Lipinski definition) is 1. The van der Waals surface area contributed by atoms with E-state index in [0.717, 1.165) is 15.7 Å². The molecule has 0 bridgehead atoms. The lowest BCUT2D eigenvalue weighted by molar-refractivity contribution is -0.118. The summed E-state index contributed by atoms with van der Waals surface area (Å²) in [5.74, 6) is 0.441. The molecule has 0 fully saturated rings. The number of aromatic nitrogens is 4. The summed E-state index contributed by atoms with van der Waals surface area (Å²) in [6, 6.07) is 16.6. The smallest absolute Gasteiger partial charge is 0.250 e. The molecule has 0 unspecified atom stereocenters. The molecular formula is C22H15BrCl2N6OS. The fraction of sp³-hybridized carbons (Fsp3) is 0.0455. The highest BCUT2D eigenvalue weighted by atomic mass is 79.9. The van der Waals surface area contributed by atoms with Crippen LogP contribution in [0.2, 0.25) is 10.0 Å². The average molecular weight is 562 g/mol. The Balaban J connectivity index is 1.49. The van der Waals surface area contributed by atoms with E-state index in [1.807, 2.05) is 41.0 Å². The molecule has 0 saturated heterocycles. The molecule has 33 heavy (non-hydrogen) atoms. The zero-order chi connectivity index (χ0) is 23.2. The summed E-state index contributed by atoms with van der Waals surface area (Å²) in [7, 11) is 0. The molecule has 2 aromatic carbocycles. The van der Waals surface area contributed by atoms with Crippen LogP contribution in [-0.2, 0) is 4.79 Å². The highest BCUT2D eigenvalue weighted by Crippen LogP contribution is 2.28. The van der Waals surface area contributed by atoms with E-state index in [4.69, 9.17) is 23.2 Å². The van der Waals surface area contributed by atoms with Crippen LogP contribution in [0.1, 0.15) is 5.56 Å². The van der Waals surface area contributed by atoms with Gasteiger partial charge in [0, 0.05) is 28.1 Å². The van der Waals surface area contributed by atoms with Crippen molar-refractivity contribution in [2.45, 2.75) is 5.16 Å². The van der Waals surface area contributed by atoms with Crippen molar-refractivity contribution in [3.05, 3.63) is 87.1 Å². The quantitative estimate of drug-likeness (QED) is 0.179. The van der Waals surface area contributed by atoms with Gasteiger partial charge in [-0.25, -0.2) is 5.43 Å². The number of amides is 1. The van der Waals surface area contributed by atoms with Gasteiger partial charge >= 0.3 is 0 Å². The Hall–Kier alpha value is -2.72. The maximum Gasteiger partial charge on any atom is 0.250 e. The molecule has 4 rings (SSSR count). The number of nitrogens with one attached hydrogen (secondary N) is 1. The normalized spacial score (nSPS) is 11.1. The van der Waals surface area contributed by atoms with E-state index in [9.17, 15) is 4.79 Å². The molecule has 0 radical (unpaired) electrons. The van der Waals surface area contributed by atoms with Gasteiger partial charge in [0.25, 0.3) is 5.91 Å². The Morgan fingerprint density at radius 1 is 1.12 bits per heavy atom. The van der Waals surface area contributed by atoms with E-state index in [1.165, 1.54) is 18.0 Å². The van der Waals surface area contributed by atoms with Crippen LogP contribution in [0.15, 0.2) is 81.7 Å². The third-order valence-electron chi connectivity index (χ3n) is 4.32. The van der Waals surface area contributed by atoms with Gasteiger partial charge in [0.05, 0.1) is 22.0 Å². The third-order valence-corrected chi connectivity index (χ3v) is 6.51. The minimum atomic E-state index is -0.287. The second-order valence-electron chi connectivity index (χ2n) is 6.62. The van der Waals surface area contributed by atoms with Gasteiger partial charge in [-0.05, 0) is 54.1 Å². The summed E-state index contributed by atoms with van der Waals surface area (Å²) < 4.78 is 2.84. The number of nitrogens with zero attached hydrogens (tertiary/aromatic N) is 5. The SMILES string of the molecule is O=C(CSc1nnc(-c2cccnc2)n1-c1ccc(Br)cc1)NN=Cc1ccc(Cl)c(Cl)c1. The van der Waals surface area contributed by atoms with Gasteiger partial charge < -0.3 is 0 Å². The summed E-state index contributed by atoms with van der Waals surface area (Å²) in [5.41, 5.74) is 4.90. The number of thioether (sulfide) groups is 1. The summed E-state index contributed by atoms with van der Waals surface area (Å²) in [4.78, 5) is 16.5. The topological polar surface area (TPSA) is 85.1 Å². The molecule has 2 aromatic heterocycles. The molecule has 0 aliphatic heterocycles. The van der Waals surface area contributed by atoms with E-state index in [-0.39, 0.29) is 11.7 Å². The van der Waals surface area contributed by atoms with Crippen LogP contribution in [0.25, 0.3) is 17.1 Å². The van der Waals surface area contributed by atoms with Crippen molar-refractivity contribution in [1.29, 1.82) is 0 Å². The molecule has 7 nitrogen and oxygen atoms in total. The highest BCUT2D eigenvalue weighted by molar-refractivity contribution is 9.10. The number of hydrazone groups is 1. The predicted molar refractivity (Wildman–Crippen MR) is 135 cm³/mol. The predicted octanol–water partition coefficient (Wildman–Crippen LogP) is 5.64. The van der Waals surface area contributed by atoms with Crippen LogP contribution in [0.4, 0.5) is 0 Å². The number of rotatable bonds is 7. The molecule has 0 aliphatic rings. The zero-order valence-electron chi connectivity index (χ0n) is 16.8. The summed E-state index contributed by atoms with van der Waals surface area (Å²) >= 11 is 16.6. The number of carbonyl (C=O) groups excluding carboxylic acids is 1. The molecule has 1 amide bonds. The van der Waals surface area contributed by atoms with Gasteiger partial charge in [0.15, 0.2) is 11.0 Å². The van der Waals surface area contributed by atoms with Crippen LogP contribution >= 0.6 is 50.9 Å². The molecule has 0 aliphatic carbocycles. The van der Waals surface area contributed by atoms with Crippen molar-refractivity contribution in [3.8, 4) is 17.1 Å². The molecule has 11 heteroatoms. The van der Waals surface area contributed by atoms with Crippen molar-refractivity contribution in [2.75, 3.05) is 5.75 Å².